The Kier molecular flexibility index (Phi) is 6.34. The average Bonchev–Trinajstić information content (AvgIpc) is 2.60. The van der Waals surface area contributed by atoms with E-state index < -0.39 is 51.0 Å². The fraction of sp³-hybridized carbons (Fsp3) is 0.562. The molecule has 0 aromatic heterocycles. The number of nitrogens with one attached hydrogen (secondary N) is 1. The molecule has 1 N–H and O–H groups in total. The van der Waals surface area contributed by atoms with Crippen LogP contribution in [0.3, 0.4) is 0 Å². The van der Waals surface area contributed by atoms with Crippen molar-refractivity contribution in [3.05, 3.63) is 29.3 Å². The second-order valence-electron chi connectivity index (χ2n) is 6.38. The summed E-state index contributed by atoms with van der Waals surface area (Å²) in [5.41, 5.74) is -3.74. The molecule has 0 bridgehead atoms. The van der Waals surface area contributed by atoms with Crippen LogP contribution in [0.4, 0.5) is 32.0 Å². The fourth-order valence-electron chi connectivity index (χ4n) is 2.86. The highest BCUT2D eigenvalue weighted by atomic mass is 32.2. The molecule has 5 nitrogen and oxygen atoms in total. The van der Waals surface area contributed by atoms with Crippen LogP contribution in [-0.4, -0.2) is 37.5 Å². The number of benzene rings is 1. The first kappa shape index (κ1) is 22.5. The van der Waals surface area contributed by atoms with Gasteiger partial charge >= 0.3 is 12.4 Å². The fourth-order valence-corrected chi connectivity index (χ4v) is 4.04. The van der Waals surface area contributed by atoms with E-state index in [4.69, 9.17) is 0 Å². The van der Waals surface area contributed by atoms with Crippen LogP contribution < -0.4 is 5.32 Å². The summed E-state index contributed by atoms with van der Waals surface area (Å²) in [5.74, 6) is -1.88. The van der Waals surface area contributed by atoms with Gasteiger partial charge in [-0.25, -0.2) is 12.7 Å². The molecule has 1 aromatic rings. The zero-order chi connectivity index (χ0) is 21.3. The Balaban J connectivity index is 2.25. The van der Waals surface area contributed by atoms with Gasteiger partial charge in [0.2, 0.25) is 15.9 Å². The maximum absolute atomic E-state index is 12.9. The van der Waals surface area contributed by atoms with Crippen molar-refractivity contribution in [1.82, 2.24) is 4.31 Å². The highest BCUT2D eigenvalue weighted by Crippen LogP contribution is 2.37. The lowest BCUT2D eigenvalue weighted by Crippen LogP contribution is -2.44. The van der Waals surface area contributed by atoms with Crippen molar-refractivity contribution in [3.8, 4) is 0 Å². The largest absolute Gasteiger partial charge is 0.416 e. The van der Waals surface area contributed by atoms with Gasteiger partial charge in [0, 0.05) is 18.8 Å². The lowest BCUT2D eigenvalue weighted by molar-refractivity contribution is -0.143. The molecule has 0 aliphatic carbocycles. The van der Waals surface area contributed by atoms with Crippen molar-refractivity contribution in [2.75, 3.05) is 24.2 Å². The van der Waals surface area contributed by atoms with Crippen molar-refractivity contribution < 1.29 is 39.6 Å². The van der Waals surface area contributed by atoms with Crippen LogP contribution in [0.2, 0.25) is 0 Å². The summed E-state index contributed by atoms with van der Waals surface area (Å²) in [5, 5.41) is 2.07. The lowest BCUT2D eigenvalue weighted by Gasteiger charge is -2.31. The monoisotopic (exact) mass is 432 g/mol. The Morgan fingerprint density at radius 1 is 1.11 bits per heavy atom. The summed E-state index contributed by atoms with van der Waals surface area (Å²) >= 11 is 0. The highest BCUT2D eigenvalue weighted by Gasteiger charge is 2.37. The van der Waals surface area contributed by atoms with E-state index in [9.17, 15) is 39.6 Å². The molecule has 1 heterocycles. The van der Waals surface area contributed by atoms with E-state index in [1.807, 2.05) is 0 Å². The third kappa shape index (κ3) is 5.37. The number of alkyl halides is 6. The van der Waals surface area contributed by atoms with Gasteiger partial charge in [0.15, 0.2) is 0 Å². The number of rotatable bonds is 4. The number of carbonyl (C=O) groups is 1. The smallest absolute Gasteiger partial charge is 0.326 e. The average molecular weight is 432 g/mol. The summed E-state index contributed by atoms with van der Waals surface area (Å²) in [6.07, 6.45) is -9.43. The molecule has 1 aromatic carbocycles. The molecule has 1 aliphatic rings. The van der Waals surface area contributed by atoms with Gasteiger partial charge in [-0.05, 0) is 38.0 Å². The standard InChI is InChI=1S/C16H18F6N2O3S/c1-2-28(26,27)24-5-3-4-10(9-24)14(25)23-13-7-11(15(17,18)19)6-12(8-13)16(20,21)22/h6-8,10H,2-5,9H2,1H3,(H,23,25)/t10-/m0/s1. The number of carbonyl (C=O) groups excluding carboxylic acids is 1. The minimum Gasteiger partial charge on any atom is -0.326 e. The second-order valence-corrected chi connectivity index (χ2v) is 8.64. The Labute approximate surface area is 157 Å². The van der Waals surface area contributed by atoms with Gasteiger partial charge in [-0.15, -0.1) is 0 Å². The molecule has 0 unspecified atom stereocenters. The molecule has 158 valence electrons. The zero-order valence-electron chi connectivity index (χ0n) is 14.7. The molecular weight excluding hydrogens is 414 g/mol. The molecule has 1 amide bonds. The van der Waals surface area contributed by atoms with Gasteiger partial charge in [0.25, 0.3) is 0 Å². The van der Waals surface area contributed by atoms with Gasteiger partial charge in [-0.1, -0.05) is 0 Å². The van der Waals surface area contributed by atoms with E-state index in [0.717, 1.165) is 4.31 Å². The number of sulfonamides is 1. The van der Waals surface area contributed by atoms with Crippen molar-refractivity contribution in [1.29, 1.82) is 0 Å². The molecule has 1 atom stereocenters. The van der Waals surface area contributed by atoms with Crippen LogP contribution in [0.15, 0.2) is 18.2 Å². The number of amides is 1. The van der Waals surface area contributed by atoms with Gasteiger partial charge in [0.05, 0.1) is 22.8 Å². The molecule has 1 saturated heterocycles. The number of hydrogen-bond acceptors (Lipinski definition) is 3. The van der Waals surface area contributed by atoms with Gasteiger partial charge in [0.1, 0.15) is 0 Å². The molecule has 0 spiro atoms. The van der Waals surface area contributed by atoms with Crippen LogP contribution in [0.5, 0.6) is 0 Å². The molecule has 28 heavy (non-hydrogen) atoms. The Morgan fingerprint density at radius 3 is 2.11 bits per heavy atom. The van der Waals surface area contributed by atoms with Crippen LogP contribution in [-0.2, 0) is 27.2 Å². The van der Waals surface area contributed by atoms with Gasteiger partial charge < -0.3 is 5.32 Å². The third-order valence-electron chi connectivity index (χ3n) is 4.37. The van der Waals surface area contributed by atoms with Crippen molar-refractivity contribution >= 4 is 21.6 Å². The van der Waals surface area contributed by atoms with Crippen molar-refractivity contribution in [2.45, 2.75) is 32.1 Å². The van der Waals surface area contributed by atoms with E-state index >= 15 is 0 Å². The Morgan fingerprint density at radius 2 is 1.64 bits per heavy atom. The van der Waals surface area contributed by atoms with Gasteiger partial charge in [-0.3, -0.25) is 4.79 Å². The number of anilines is 1. The van der Waals surface area contributed by atoms with E-state index in [2.05, 4.69) is 5.32 Å². The molecule has 1 aliphatic heterocycles. The first-order valence-corrected chi connectivity index (χ1v) is 9.93. The normalized spacial score (nSPS) is 19.5. The number of hydrogen-bond donors (Lipinski definition) is 1. The molecule has 12 heteroatoms. The predicted octanol–water partition coefficient (Wildman–Crippen LogP) is 3.72. The second kappa shape index (κ2) is 7.90. The molecule has 0 saturated carbocycles. The van der Waals surface area contributed by atoms with E-state index in [0.29, 0.717) is 18.6 Å². The highest BCUT2D eigenvalue weighted by molar-refractivity contribution is 7.89. The minimum absolute atomic E-state index is 0.0359. The topological polar surface area (TPSA) is 66.5 Å². The Bertz CT molecular complexity index is 804. The van der Waals surface area contributed by atoms with Crippen molar-refractivity contribution in [2.24, 2.45) is 5.92 Å². The first-order valence-electron chi connectivity index (χ1n) is 8.32. The van der Waals surface area contributed by atoms with Gasteiger partial charge in [-0.2, -0.15) is 26.3 Å². The van der Waals surface area contributed by atoms with Crippen molar-refractivity contribution in [3.63, 3.8) is 0 Å². The Hall–Kier alpha value is -1.82. The summed E-state index contributed by atoms with van der Waals surface area (Å²) in [6.45, 7) is 1.47. The van der Waals surface area contributed by atoms with Crippen LogP contribution >= 0.6 is 0 Å². The van der Waals surface area contributed by atoms with E-state index in [1.165, 1.54) is 6.92 Å². The third-order valence-corrected chi connectivity index (χ3v) is 6.22. The number of piperidine rings is 1. The van der Waals surface area contributed by atoms with Crippen LogP contribution in [0, 0.1) is 5.92 Å². The number of nitrogens with zero attached hydrogens (tertiary/aromatic N) is 1. The van der Waals surface area contributed by atoms with E-state index in [-0.39, 0.29) is 31.3 Å². The van der Waals surface area contributed by atoms with E-state index in [1.54, 1.807) is 0 Å². The minimum atomic E-state index is -5.03. The molecule has 0 radical (unpaired) electrons. The molecule has 2 rings (SSSR count). The summed E-state index contributed by atoms with van der Waals surface area (Å²) in [7, 11) is -3.56. The molecular formula is C16H18F6N2O3S. The predicted molar refractivity (Wildman–Crippen MR) is 88.8 cm³/mol. The quantitative estimate of drug-likeness (QED) is 0.738. The summed E-state index contributed by atoms with van der Waals surface area (Å²) in [6, 6.07) is 0.791. The summed E-state index contributed by atoms with van der Waals surface area (Å²) in [4.78, 5) is 12.4. The molecule has 1 fully saturated rings. The van der Waals surface area contributed by atoms with Crippen LogP contribution in [0.25, 0.3) is 0 Å². The number of halogens is 6. The maximum Gasteiger partial charge on any atom is 0.416 e. The lowest BCUT2D eigenvalue weighted by atomic mass is 9.98. The van der Waals surface area contributed by atoms with Crippen LogP contribution in [0.1, 0.15) is 30.9 Å². The summed E-state index contributed by atoms with van der Waals surface area (Å²) < 4.78 is 102. The first-order chi connectivity index (χ1) is 12.7. The maximum atomic E-state index is 12.9. The zero-order valence-corrected chi connectivity index (χ0v) is 15.5. The SMILES string of the molecule is CCS(=O)(=O)N1CCC[C@H](C(=O)Nc2cc(C(F)(F)F)cc(C(F)(F)F)c2)C1.